The van der Waals surface area contributed by atoms with Crippen LogP contribution in [0.1, 0.15) is 29.3 Å². The van der Waals surface area contributed by atoms with Crippen LogP contribution in [0.2, 0.25) is 0 Å². The molecule has 1 saturated heterocycles. The molecule has 0 aliphatic carbocycles. The largest absolute Gasteiger partial charge is 0.495 e. The number of nitrogens with zero attached hydrogens (tertiary/aromatic N) is 2. The molecule has 0 atom stereocenters. The number of para-hydroxylation sites is 3. The number of hydrogen-bond acceptors (Lipinski definition) is 7. The summed E-state index contributed by atoms with van der Waals surface area (Å²) >= 11 is 0. The molecule has 2 N–H and O–H groups in total. The van der Waals surface area contributed by atoms with Gasteiger partial charge in [-0.2, -0.15) is 0 Å². The summed E-state index contributed by atoms with van der Waals surface area (Å²) in [5, 5.41) is 6.71. The Morgan fingerprint density at radius 2 is 1.73 bits per heavy atom. The van der Waals surface area contributed by atoms with Crippen LogP contribution in [0.4, 0.5) is 11.4 Å². The lowest BCUT2D eigenvalue weighted by Crippen LogP contribution is -2.47. The van der Waals surface area contributed by atoms with Crippen LogP contribution in [0.25, 0.3) is 22.3 Å². The molecule has 3 aromatic carbocycles. The molecule has 0 unspecified atom stereocenters. The third-order valence-electron chi connectivity index (χ3n) is 7.65. The average Bonchev–Trinajstić information content (AvgIpc) is 3.01. The molecule has 0 spiro atoms. The van der Waals surface area contributed by atoms with Gasteiger partial charge in [-0.05, 0) is 75.3 Å². The smallest absolute Gasteiger partial charge is 0.255 e. The molecule has 0 bridgehead atoms. The summed E-state index contributed by atoms with van der Waals surface area (Å²) in [4.78, 5) is 31.2. The van der Waals surface area contributed by atoms with E-state index < -0.39 is 0 Å². The molecule has 8 heteroatoms. The first-order valence-electron chi connectivity index (χ1n) is 14.3. The summed E-state index contributed by atoms with van der Waals surface area (Å²) in [5.74, 6) is 1.15. The third kappa shape index (κ3) is 6.23. The van der Waals surface area contributed by atoms with Crippen LogP contribution in [0, 0.1) is 6.92 Å². The third-order valence-corrected chi connectivity index (χ3v) is 7.65. The summed E-state index contributed by atoms with van der Waals surface area (Å²) in [6, 6.07) is 21.1. The first-order chi connectivity index (χ1) is 20.0. The molecule has 214 valence electrons. The minimum atomic E-state index is -0.239. The number of amides is 1. The lowest BCUT2D eigenvalue weighted by Gasteiger charge is -2.36. The number of hydrogen-bond donors (Lipinski definition) is 2. The van der Waals surface area contributed by atoms with Gasteiger partial charge in [0.1, 0.15) is 11.5 Å². The van der Waals surface area contributed by atoms with Crippen LogP contribution in [0.5, 0.6) is 5.75 Å². The zero-order valence-corrected chi connectivity index (χ0v) is 24.0. The van der Waals surface area contributed by atoms with Crippen LogP contribution in [-0.4, -0.2) is 63.7 Å². The Morgan fingerprint density at radius 1 is 0.976 bits per heavy atom. The fraction of sp³-hybridized carbons (Fsp3) is 0.333. The Balaban J connectivity index is 1.21. The maximum Gasteiger partial charge on any atom is 0.255 e. The van der Waals surface area contributed by atoms with E-state index in [2.05, 4.69) is 26.5 Å². The fourth-order valence-electron chi connectivity index (χ4n) is 5.41. The average molecular weight is 555 g/mol. The number of piperazine rings is 1. The molecule has 1 aliphatic heterocycles. The molecule has 1 aliphatic rings. The van der Waals surface area contributed by atoms with Crippen molar-refractivity contribution in [1.82, 2.24) is 10.2 Å². The van der Waals surface area contributed by atoms with Gasteiger partial charge in [0.15, 0.2) is 11.0 Å². The van der Waals surface area contributed by atoms with Crippen LogP contribution in [0.3, 0.4) is 0 Å². The second kappa shape index (κ2) is 12.9. The maximum absolute atomic E-state index is 13.2. The molecule has 41 heavy (non-hydrogen) atoms. The molecule has 1 aromatic heterocycles. The predicted molar refractivity (Wildman–Crippen MR) is 165 cm³/mol. The number of anilines is 2. The number of nitrogens with one attached hydrogen (secondary N) is 2. The van der Waals surface area contributed by atoms with E-state index in [4.69, 9.17) is 9.15 Å². The van der Waals surface area contributed by atoms with E-state index in [1.165, 1.54) is 0 Å². The topological polar surface area (TPSA) is 87.1 Å². The lowest BCUT2D eigenvalue weighted by atomic mass is 10.0. The normalized spacial score (nSPS) is 13.8. The van der Waals surface area contributed by atoms with E-state index >= 15 is 0 Å². The minimum Gasteiger partial charge on any atom is -0.495 e. The first-order valence-corrected chi connectivity index (χ1v) is 14.3. The zero-order chi connectivity index (χ0) is 28.8. The minimum absolute atomic E-state index is 0.126. The Kier molecular flexibility index (Phi) is 8.89. The number of rotatable bonds is 10. The zero-order valence-electron chi connectivity index (χ0n) is 24.0. The highest BCUT2D eigenvalue weighted by Gasteiger charge is 2.20. The molecule has 4 aromatic rings. The van der Waals surface area contributed by atoms with Crippen molar-refractivity contribution in [3.05, 3.63) is 88.1 Å². The van der Waals surface area contributed by atoms with Crippen molar-refractivity contribution in [3.63, 3.8) is 0 Å². The van der Waals surface area contributed by atoms with E-state index in [0.717, 1.165) is 68.4 Å². The highest BCUT2D eigenvalue weighted by atomic mass is 16.5. The molecule has 5 rings (SSSR count). The Morgan fingerprint density at radius 3 is 2.46 bits per heavy atom. The summed E-state index contributed by atoms with van der Waals surface area (Å²) in [6.07, 6.45) is 0.831. The van der Waals surface area contributed by atoms with Gasteiger partial charge in [-0.15, -0.1) is 0 Å². The van der Waals surface area contributed by atoms with Crippen molar-refractivity contribution < 1.29 is 13.9 Å². The van der Waals surface area contributed by atoms with Gasteiger partial charge < -0.3 is 24.7 Å². The predicted octanol–water partition coefficient (Wildman–Crippen LogP) is 5.15. The monoisotopic (exact) mass is 554 g/mol. The SMILES string of the molecule is CCNc1ccc(-c2oc3c(C(=O)NCCCN4CCN(c5ccccc5OC)CC4)cccc3c(=O)c2C)cc1. The van der Waals surface area contributed by atoms with Crippen LogP contribution >= 0.6 is 0 Å². The van der Waals surface area contributed by atoms with E-state index in [1.54, 1.807) is 32.2 Å². The Bertz CT molecular complexity index is 1560. The molecular weight excluding hydrogens is 516 g/mol. The van der Waals surface area contributed by atoms with Crippen LogP contribution < -0.4 is 25.7 Å². The van der Waals surface area contributed by atoms with Gasteiger partial charge in [-0.3, -0.25) is 14.5 Å². The van der Waals surface area contributed by atoms with Gasteiger partial charge in [0.25, 0.3) is 5.91 Å². The molecule has 1 fully saturated rings. The Hall–Kier alpha value is -4.30. The van der Waals surface area contributed by atoms with Gasteiger partial charge in [-0.1, -0.05) is 18.2 Å². The first kappa shape index (κ1) is 28.2. The van der Waals surface area contributed by atoms with Crippen molar-refractivity contribution in [2.45, 2.75) is 20.3 Å². The quantitative estimate of drug-likeness (QED) is 0.262. The van der Waals surface area contributed by atoms with E-state index in [1.807, 2.05) is 49.4 Å². The highest BCUT2D eigenvalue weighted by molar-refractivity contribution is 6.05. The maximum atomic E-state index is 13.2. The van der Waals surface area contributed by atoms with Crippen molar-refractivity contribution >= 4 is 28.3 Å². The van der Waals surface area contributed by atoms with Crippen molar-refractivity contribution in [2.24, 2.45) is 0 Å². The highest BCUT2D eigenvalue weighted by Crippen LogP contribution is 2.29. The second-order valence-corrected chi connectivity index (χ2v) is 10.3. The number of carbonyl (C=O) groups is 1. The molecule has 8 nitrogen and oxygen atoms in total. The number of benzene rings is 3. The van der Waals surface area contributed by atoms with E-state index in [0.29, 0.717) is 34.4 Å². The molecule has 0 saturated carbocycles. The number of ether oxygens (including phenoxy) is 1. The van der Waals surface area contributed by atoms with Gasteiger partial charge >= 0.3 is 0 Å². The Labute approximate surface area is 240 Å². The second-order valence-electron chi connectivity index (χ2n) is 10.3. The molecule has 0 radical (unpaired) electrons. The summed E-state index contributed by atoms with van der Waals surface area (Å²) in [7, 11) is 1.71. The molecule has 2 heterocycles. The van der Waals surface area contributed by atoms with Crippen molar-refractivity contribution in [3.8, 4) is 17.1 Å². The number of fused-ring (bicyclic) bond motifs is 1. The summed E-state index contributed by atoms with van der Waals surface area (Å²) in [6.45, 7) is 9.84. The van der Waals surface area contributed by atoms with E-state index in [-0.39, 0.29) is 11.3 Å². The van der Waals surface area contributed by atoms with Gasteiger partial charge in [0.2, 0.25) is 0 Å². The summed E-state index contributed by atoms with van der Waals surface area (Å²) < 4.78 is 11.8. The van der Waals surface area contributed by atoms with Crippen LogP contribution in [-0.2, 0) is 0 Å². The molecule has 1 amide bonds. The van der Waals surface area contributed by atoms with Gasteiger partial charge in [0, 0.05) is 56.1 Å². The number of carbonyl (C=O) groups excluding carboxylic acids is 1. The molecular formula is C33H38N4O4. The lowest BCUT2D eigenvalue weighted by molar-refractivity contribution is 0.0952. The van der Waals surface area contributed by atoms with Crippen molar-refractivity contribution in [1.29, 1.82) is 0 Å². The standard InChI is InChI=1S/C33H38N4O4/c1-4-34-25-15-13-24(14-16-25)31-23(2)30(38)26-9-7-10-27(32(26)41-31)33(39)35-17-8-18-36-19-21-37(22-20-36)28-11-5-6-12-29(28)40-3/h5-7,9-16,34H,4,8,17-22H2,1-3H3,(H,35,39). The fourth-order valence-corrected chi connectivity index (χ4v) is 5.41. The van der Waals surface area contributed by atoms with Crippen molar-refractivity contribution in [2.75, 3.05) is 63.1 Å². The number of methoxy groups -OCH3 is 1. The van der Waals surface area contributed by atoms with Gasteiger partial charge in [0.05, 0.1) is 23.7 Å². The van der Waals surface area contributed by atoms with Gasteiger partial charge in [-0.25, -0.2) is 0 Å². The van der Waals surface area contributed by atoms with Crippen LogP contribution in [0.15, 0.2) is 75.9 Å². The van der Waals surface area contributed by atoms with E-state index in [9.17, 15) is 9.59 Å². The summed E-state index contributed by atoms with van der Waals surface area (Å²) in [5.41, 5.74) is 4.01.